The van der Waals surface area contributed by atoms with Crippen molar-refractivity contribution in [2.75, 3.05) is 18.1 Å². The Bertz CT molecular complexity index is 493. The molecule has 1 aliphatic heterocycles. The largest absolute Gasteiger partial charge is 0.409 e. The molecule has 5 nitrogen and oxygen atoms in total. The van der Waals surface area contributed by atoms with Crippen LogP contribution in [0.25, 0.3) is 0 Å². The molecule has 1 aromatic carbocycles. The van der Waals surface area contributed by atoms with Crippen LogP contribution >= 0.6 is 11.6 Å². The maximum Gasteiger partial charge on any atom is 0.172 e. The summed E-state index contributed by atoms with van der Waals surface area (Å²) in [7, 11) is 0. The third-order valence-corrected chi connectivity index (χ3v) is 3.96. The summed E-state index contributed by atoms with van der Waals surface area (Å²) in [6, 6.07) is 5.25. The molecule has 1 aliphatic rings. The number of aliphatic hydroxyl groups is 1. The van der Waals surface area contributed by atoms with Crippen molar-refractivity contribution in [2.45, 2.75) is 19.4 Å². The van der Waals surface area contributed by atoms with Gasteiger partial charge in [0.15, 0.2) is 5.84 Å². The second-order valence-electron chi connectivity index (χ2n) is 4.86. The van der Waals surface area contributed by atoms with Gasteiger partial charge in [0, 0.05) is 22.8 Å². The summed E-state index contributed by atoms with van der Waals surface area (Å²) in [6.45, 7) is 3.00. The lowest BCUT2D eigenvalue weighted by Gasteiger charge is -2.29. The summed E-state index contributed by atoms with van der Waals surface area (Å²) in [5.41, 5.74) is 7.12. The fourth-order valence-electron chi connectivity index (χ4n) is 2.60. The zero-order valence-electron chi connectivity index (χ0n) is 10.8. The van der Waals surface area contributed by atoms with Gasteiger partial charge < -0.3 is 20.9 Å². The van der Waals surface area contributed by atoms with Crippen LogP contribution in [0.5, 0.6) is 0 Å². The molecular weight excluding hydrogens is 266 g/mol. The highest BCUT2D eigenvalue weighted by Crippen LogP contribution is 2.33. The minimum absolute atomic E-state index is 0.0312. The van der Waals surface area contributed by atoms with Crippen LogP contribution in [0.3, 0.4) is 0 Å². The monoisotopic (exact) mass is 283 g/mol. The topological polar surface area (TPSA) is 82.1 Å². The van der Waals surface area contributed by atoms with Crippen LogP contribution in [0.15, 0.2) is 23.4 Å². The maximum absolute atomic E-state index is 9.54. The second-order valence-corrected chi connectivity index (χ2v) is 5.29. The van der Waals surface area contributed by atoms with E-state index in [-0.39, 0.29) is 18.5 Å². The molecule has 1 saturated heterocycles. The first kappa shape index (κ1) is 14.0. The smallest absolute Gasteiger partial charge is 0.172 e. The van der Waals surface area contributed by atoms with Gasteiger partial charge in [-0.05, 0) is 30.5 Å². The predicted octanol–water partition coefficient (Wildman–Crippen LogP) is 1.64. The summed E-state index contributed by atoms with van der Waals surface area (Å²) in [6.07, 6.45) is 0.993. The van der Waals surface area contributed by atoms with E-state index in [1.54, 1.807) is 18.2 Å². The van der Waals surface area contributed by atoms with E-state index in [0.29, 0.717) is 16.5 Å². The van der Waals surface area contributed by atoms with Crippen LogP contribution in [0.2, 0.25) is 5.02 Å². The Kier molecular flexibility index (Phi) is 4.17. The maximum atomic E-state index is 9.54. The number of benzene rings is 1. The van der Waals surface area contributed by atoms with E-state index in [0.717, 1.165) is 18.7 Å². The first-order chi connectivity index (χ1) is 9.08. The molecule has 0 aromatic heterocycles. The lowest BCUT2D eigenvalue weighted by molar-refractivity contribution is 0.244. The summed E-state index contributed by atoms with van der Waals surface area (Å²) >= 11 is 6.04. The molecule has 1 heterocycles. The standard InChI is InChI=1S/C13H18ClN3O2/c1-8-4-5-17(12(8)7-18)11-6-9(14)2-3-10(11)13(15)16-19/h2-3,6,8,12,18-19H,4-5,7H2,1H3,(H2,15,16). The molecule has 0 aliphatic carbocycles. The molecule has 0 bridgehead atoms. The van der Waals surface area contributed by atoms with Crippen molar-refractivity contribution in [1.29, 1.82) is 0 Å². The number of nitrogens with zero attached hydrogens (tertiary/aromatic N) is 2. The van der Waals surface area contributed by atoms with Crippen molar-refractivity contribution in [1.82, 2.24) is 0 Å². The van der Waals surface area contributed by atoms with Crippen molar-refractivity contribution in [3.05, 3.63) is 28.8 Å². The minimum Gasteiger partial charge on any atom is -0.409 e. The summed E-state index contributed by atoms with van der Waals surface area (Å²) in [4.78, 5) is 2.07. The molecule has 6 heteroatoms. The molecule has 0 amide bonds. The highest BCUT2D eigenvalue weighted by atomic mass is 35.5. The van der Waals surface area contributed by atoms with Crippen LogP contribution in [-0.4, -0.2) is 35.3 Å². The van der Waals surface area contributed by atoms with Crippen molar-refractivity contribution >= 4 is 23.1 Å². The Balaban J connectivity index is 2.46. The normalized spacial score (nSPS) is 23.9. The van der Waals surface area contributed by atoms with E-state index in [1.165, 1.54) is 0 Å². The average molecular weight is 284 g/mol. The number of hydrogen-bond donors (Lipinski definition) is 3. The van der Waals surface area contributed by atoms with Gasteiger partial charge in [0.1, 0.15) is 0 Å². The van der Waals surface area contributed by atoms with Gasteiger partial charge in [0.2, 0.25) is 0 Å². The minimum atomic E-state index is 0.0312. The SMILES string of the molecule is CC1CCN(c2cc(Cl)ccc2/C(N)=N/O)C1CO. The molecule has 2 unspecified atom stereocenters. The number of amidine groups is 1. The molecule has 2 rings (SSSR count). The van der Waals surface area contributed by atoms with E-state index < -0.39 is 0 Å². The van der Waals surface area contributed by atoms with Gasteiger partial charge in [-0.1, -0.05) is 23.7 Å². The highest BCUT2D eigenvalue weighted by molar-refractivity contribution is 6.31. The lowest BCUT2D eigenvalue weighted by atomic mass is 10.0. The van der Waals surface area contributed by atoms with Crippen LogP contribution in [0, 0.1) is 5.92 Å². The third-order valence-electron chi connectivity index (χ3n) is 3.72. The Labute approximate surface area is 117 Å². The molecule has 0 radical (unpaired) electrons. The van der Waals surface area contributed by atoms with Gasteiger partial charge in [-0.2, -0.15) is 0 Å². The number of nitrogens with two attached hydrogens (primary N) is 1. The number of anilines is 1. The van der Waals surface area contributed by atoms with Crippen LogP contribution in [0.4, 0.5) is 5.69 Å². The number of oxime groups is 1. The Hall–Kier alpha value is -1.46. The molecule has 0 saturated carbocycles. The molecule has 1 fully saturated rings. The van der Waals surface area contributed by atoms with E-state index in [2.05, 4.69) is 17.0 Å². The van der Waals surface area contributed by atoms with Crippen LogP contribution < -0.4 is 10.6 Å². The van der Waals surface area contributed by atoms with Gasteiger partial charge in [-0.15, -0.1) is 0 Å². The van der Waals surface area contributed by atoms with E-state index in [1.807, 2.05) is 0 Å². The average Bonchev–Trinajstić information content (AvgIpc) is 2.78. The number of halogens is 1. The zero-order valence-corrected chi connectivity index (χ0v) is 11.5. The molecule has 0 spiro atoms. The Morgan fingerprint density at radius 2 is 2.32 bits per heavy atom. The van der Waals surface area contributed by atoms with Crippen LogP contribution in [-0.2, 0) is 0 Å². The zero-order chi connectivity index (χ0) is 14.0. The van der Waals surface area contributed by atoms with Gasteiger partial charge in [-0.3, -0.25) is 0 Å². The fraction of sp³-hybridized carbons (Fsp3) is 0.462. The molecule has 19 heavy (non-hydrogen) atoms. The van der Waals surface area contributed by atoms with Crippen molar-refractivity contribution < 1.29 is 10.3 Å². The van der Waals surface area contributed by atoms with Gasteiger partial charge in [-0.25, -0.2) is 0 Å². The molecular formula is C13H18ClN3O2. The fourth-order valence-corrected chi connectivity index (χ4v) is 2.76. The van der Waals surface area contributed by atoms with Crippen molar-refractivity contribution in [3.8, 4) is 0 Å². The Morgan fingerprint density at radius 1 is 1.58 bits per heavy atom. The number of hydrogen-bond acceptors (Lipinski definition) is 4. The van der Waals surface area contributed by atoms with Gasteiger partial charge in [0.05, 0.1) is 12.6 Å². The summed E-state index contributed by atoms with van der Waals surface area (Å²) in [5, 5.41) is 22.0. The van der Waals surface area contributed by atoms with E-state index >= 15 is 0 Å². The van der Waals surface area contributed by atoms with Gasteiger partial charge >= 0.3 is 0 Å². The first-order valence-corrected chi connectivity index (χ1v) is 6.61. The molecule has 104 valence electrons. The Morgan fingerprint density at radius 3 is 2.95 bits per heavy atom. The van der Waals surface area contributed by atoms with E-state index in [4.69, 9.17) is 22.5 Å². The van der Waals surface area contributed by atoms with Crippen molar-refractivity contribution in [2.24, 2.45) is 16.8 Å². The van der Waals surface area contributed by atoms with Crippen molar-refractivity contribution in [3.63, 3.8) is 0 Å². The number of aliphatic hydroxyl groups excluding tert-OH is 1. The molecule has 2 atom stereocenters. The third kappa shape index (κ3) is 2.62. The van der Waals surface area contributed by atoms with Gasteiger partial charge in [0.25, 0.3) is 0 Å². The molecule has 1 aromatic rings. The predicted molar refractivity (Wildman–Crippen MR) is 76.0 cm³/mol. The lowest BCUT2D eigenvalue weighted by Crippen LogP contribution is -2.36. The molecule has 4 N–H and O–H groups in total. The quantitative estimate of drug-likeness (QED) is 0.341. The summed E-state index contributed by atoms with van der Waals surface area (Å²) in [5.74, 6) is 0.437. The van der Waals surface area contributed by atoms with E-state index in [9.17, 15) is 5.11 Å². The highest BCUT2D eigenvalue weighted by Gasteiger charge is 2.32. The summed E-state index contributed by atoms with van der Waals surface area (Å²) < 4.78 is 0. The number of rotatable bonds is 3. The second kappa shape index (κ2) is 5.67. The first-order valence-electron chi connectivity index (χ1n) is 6.23. The van der Waals surface area contributed by atoms with Crippen LogP contribution in [0.1, 0.15) is 18.9 Å².